The molecule has 8 heteroatoms. The van der Waals surface area contributed by atoms with Crippen molar-refractivity contribution < 1.29 is 23.9 Å². The van der Waals surface area contributed by atoms with Gasteiger partial charge in [0.1, 0.15) is 11.9 Å². The van der Waals surface area contributed by atoms with E-state index in [0.717, 1.165) is 40.6 Å². The largest absolute Gasteiger partial charge is 0.467 e. The van der Waals surface area contributed by atoms with Crippen molar-refractivity contribution >= 4 is 40.3 Å². The number of aromatic nitrogens is 1. The number of carbonyl (C=O) groups is 3. The minimum Gasteiger partial charge on any atom is -0.467 e. The molecule has 2 aliphatic rings. The van der Waals surface area contributed by atoms with E-state index in [1.807, 2.05) is 24.3 Å². The molecule has 1 aliphatic carbocycles. The Hall–Kier alpha value is -3.32. The van der Waals surface area contributed by atoms with E-state index in [-0.39, 0.29) is 17.8 Å². The molecule has 1 aromatic heterocycles. The van der Waals surface area contributed by atoms with Crippen molar-refractivity contribution in [3.8, 4) is 0 Å². The fourth-order valence-electron chi connectivity index (χ4n) is 4.69. The van der Waals surface area contributed by atoms with Crippen LogP contribution in [0.4, 0.5) is 0 Å². The highest BCUT2D eigenvalue weighted by Gasteiger charge is 2.43. The number of para-hydroxylation sites is 1. The van der Waals surface area contributed by atoms with E-state index in [2.05, 4.69) is 4.98 Å². The van der Waals surface area contributed by atoms with Crippen LogP contribution in [0.3, 0.4) is 0 Å². The Morgan fingerprint density at radius 2 is 1.82 bits per heavy atom. The number of benzene rings is 2. The number of hydrogen-bond donors (Lipinski definition) is 1. The third-order valence-corrected chi connectivity index (χ3v) is 6.84. The average Bonchev–Trinajstić information content (AvgIpc) is 3.64. The van der Waals surface area contributed by atoms with Gasteiger partial charge in [-0.05, 0) is 48.1 Å². The van der Waals surface area contributed by atoms with Crippen molar-refractivity contribution in [1.82, 2.24) is 9.88 Å². The molecule has 1 aliphatic heterocycles. The number of halogens is 1. The number of nitrogens with one attached hydrogen (secondary N) is 1. The first-order chi connectivity index (χ1) is 16.5. The predicted octanol–water partition coefficient (Wildman–Crippen LogP) is 3.99. The number of aromatic amines is 1. The molecule has 3 aromatic rings. The van der Waals surface area contributed by atoms with Gasteiger partial charge < -0.3 is 19.4 Å². The highest BCUT2D eigenvalue weighted by molar-refractivity contribution is 6.27. The molecular formula is C26H25ClN2O5. The number of fused-ring (bicyclic) bond motifs is 3. The van der Waals surface area contributed by atoms with Crippen molar-refractivity contribution in [2.45, 2.75) is 31.3 Å². The SMILES string of the molecule is COC(=O)[C@H]1Cc2c([nH]c3ccccc23)[C@H](c2ccc(C(=O)OCC3CC3)cc2)N1C(=O)CCl. The lowest BCUT2D eigenvalue weighted by atomic mass is 9.87. The van der Waals surface area contributed by atoms with E-state index < -0.39 is 18.1 Å². The monoisotopic (exact) mass is 480 g/mol. The van der Waals surface area contributed by atoms with Gasteiger partial charge in [0.2, 0.25) is 5.91 Å². The van der Waals surface area contributed by atoms with Crippen LogP contribution in [0.25, 0.3) is 10.9 Å². The fraction of sp³-hybridized carbons (Fsp3) is 0.346. The number of alkyl halides is 1. The molecule has 1 amide bonds. The van der Waals surface area contributed by atoms with E-state index in [1.165, 1.54) is 12.0 Å². The number of hydrogen-bond acceptors (Lipinski definition) is 5. The molecule has 7 nitrogen and oxygen atoms in total. The van der Waals surface area contributed by atoms with Crippen LogP contribution in [-0.2, 0) is 25.5 Å². The van der Waals surface area contributed by atoms with Crippen LogP contribution in [0, 0.1) is 5.92 Å². The lowest BCUT2D eigenvalue weighted by Crippen LogP contribution is -2.52. The standard InChI is InChI=1S/C26H25ClN2O5/c1-33-26(32)21-12-19-18-4-2-3-5-20(18)28-23(19)24(29(21)22(30)13-27)16-8-10-17(11-9-16)25(31)34-14-15-6-7-15/h2-5,8-11,15,21,24,28H,6-7,12-14H2,1H3/t21-,24+/m1/s1. The number of amides is 1. The second-order valence-corrected chi connectivity index (χ2v) is 9.07. The maximum atomic E-state index is 13.0. The first-order valence-electron chi connectivity index (χ1n) is 11.3. The fourth-order valence-corrected chi connectivity index (χ4v) is 4.83. The van der Waals surface area contributed by atoms with Gasteiger partial charge in [-0.25, -0.2) is 9.59 Å². The van der Waals surface area contributed by atoms with Gasteiger partial charge in [-0.2, -0.15) is 0 Å². The average molecular weight is 481 g/mol. The predicted molar refractivity (Wildman–Crippen MR) is 127 cm³/mol. The summed E-state index contributed by atoms with van der Waals surface area (Å²) < 4.78 is 10.4. The summed E-state index contributed by atoms with van der Waals surface area (Å²) in [6, 6.07) is 13.4. The minimum atomic E-state index is -0.823. The van der Waals surface area contributed by atoms with Gasteiger partial charge in [0.15, 0.2) is 0 Å². The Kier molecular flexibility index (Phi) is 6.04. The van der Waals surface area contributed by atoms with Crippen molar-refractivity contribution in [1.29, 1.82) is 0 Å². The molecule has 0 unspecified atom stereocenters. The molecule has 1 saturated carbocycles. The van der Waals surface area contributed by atoms with Gasteiger partial charge in [0.25, 0.3) is 0 Å². The molecule has 1 N–H and O–H groups in total. The van der Waals surface area contributed by atoms with Crippen LogP contribution < -0.4 is 0 Å². The molecule has 176 valence electrons. The number of carbonyl (C=O) groups excluding carboxylic acids is 3. The Morgan fingerprint density at radius 1 is 1.09 bits per heavy atom. The van der Waals surface area contributed by atoms with Crippen LogP contribution in [0.5, 0.6) is 0 Å². The van der Waals surface area contributed by atoms with Gasteiger partial charge in [0, 0.05) is 23.0 Å². The summed E-state index contributed by atoms with van der Waals surface area (Å²) in [5.41, 5.74) is 3.89. The molecule has 2 heterocycles. The van der Waals surface area contributed by atoms with Crippen molar-refractivity contribution in [2.24, 2.45) is 5.92 Å². The van der Waals surface area contributed by atoms with Crippen LogP contribution in [-0.4, -0.2) is 53.4 Å². The van der Waals surface area contributed by atoms with E-state index in [1.54, 1.807) is 24.3 Å². The van der Waals surface area contributed by atoms with Gasteiger partial charge in [-0.15, -0.1) is 11.6 Å². The van der Waals surface area contributed by atoms with Crippen molar-refractivity contribution in [3.05, 3.63) is 70.9 Å². The Balaban J connectivity index is 1.57. The summed E-state index contributed by atoms with van der Waals surface area (Å²) in [6.45, 7) is 0.445. The normalized spacial score (nSPS) is 19.5. The van der Waals surface area contributed by atoms with Crippen LogP contribution in [0.2, 0.25) is 0 Å². The van der Waals surface area contributed by atoms with Crippen LogP contribution >= 0.6 is 11.6 Å². The third-order valence-electron chi connectivity index (χ3n) is 6.62. The zero-order chi connectivity index (χ0) is 23.8. The zero-order valence-electron chi connectivity index (χ0n) is 18.8. The second-order valence-electron chi connectivity index (χ2n) is 8.81. The lowest BCUT2D eigenvalue weighted by molar-refractivity contribution is -0.154. The molecular weight excluding hydrogens is 456 g/mol. The molecule has 2 aromatic carbocycles. The quantitative estimate of drug-likeness (QED) is 0.425. The van der Waals surface area contributed by atoms with Crippen molar-refractivity contribution in [2.75, 3.05) is 19.6 Å². The first-order valence-corrected chi connectivity index (χ1v) is 11.9. The summed E-state index contributed by atoms with van der Waals surface area (Å²) in [7, 11) is 1.31. The topological polar surface area (TPSA) is 88.7 Å². The number of methoxy groups -OCH3 is 1. The number of esters is 2. The Labute approximate surface area is 202 Å². The van der Waals surface area contributed by atoms with E-state index in [4.69, 9.17) is 21.1 Å². The van der Waals surface area contributed by atoms with Gasteiger partial charge in [-0.3, -0.25) is 4.79 Å². The number of ether oxygens (including phenoxy) is 2. The number of rotatable bonds is 6. The minimum absolute atomic E-state index is 0.273. The molecule has 0 bridgehead atoms. The summed E-state index contributed by atoms with van der Waals surface area (Å²) in [6.07, 6.45) is 2.52. The first kappa shape index (κ1) is 22.5. The van der Waals surface area contributed by atoms with Gasteiger partial charge in [0.05, 0.1) is 25.3 Å². The third kappa shape index (κ3) is 4.05. The highest BCUT2D eigenvalue weighted by atomic mass is 35.5. The molecule has 34 heavy (non-hydrogen) atoms. The Morgan fingerprint density at radius 3 is 2.50 bits per heavy atom. The van der Waals surface area contributed by atoms with Gasteiger partial charge >= 0.3 is 11.9 Å². The second kappa shape index (κ2) is 9.14. The lowest BCUT2D eigenvalue weighted by Gasteiger charge is -2.40. The van der Waals surface area contributed by atoms with E-state index in [0.29, 0.717) is 24.5 Å². The van der Waals surface area contributed by atoms with Gasteiger partial charge in [-0.1, -0.05) is 30.3 Å². The summed E-state index contributed by atoms with van der Waals surface area (Å²) in [5, 5.41) is 0.995. The van der Waals surface area contributed by atoms with Crippen LogP contribution in [0.1, 0.15) is 46.1 Å². The summed E-state index contributed by atoms with van der Waals surface area (Å²) in [4.78, 5) is 43.2. The van der Waals surface area contributed by atoms with Crippen LogP contribution in [0.15, 0.2) is 48.5 Å². The summed E-state index contributed by atoms with van der Waals surface area (Å²) in [5.74, 6) is -1.03. The van der Waals surface area contributed by atoms with Crippen molar-refractivity contribution in [3.63, 3.8) is 0 Å². The Bertz CT molecular complexity index is 1250. The number of H-pyrrole nitrogens is 1. The summed E-state index contributed by atoms with van der Waals surface area (Å²) >= 11 is 5.97. The van der Waals surface area contributed by atoms with E-state index >= 15 is 0 Å². The molecule has 0 radical (unpaired) electrons. The molecule has 2 atom stereocenters. The molecule has 5 rings (SSSR count). The molecule has 1 fully saturated rings. The van der Waals surface area contributed by atoms with E-state index in [9.17, 15) is 14.4 Å². The highest BCUT2D eigenvalue weighted by Crippen LogP contribution is 2.41. The molecule has 0 spiro atoms. The zero-order valence-corrected chi connectivity index (χ0v) is 19.5. The maximum Gasteiger partial charge on any atom is 0.338 e. The molecule has 0 saturated heterocycles. The smallest absolute Gasteiger partial charge is 0.338 e. The maximum absolute atomic E-state index is 13.0. The number of nitrogens with zero attached hydrogens (tertiary/aromatic N) is 1.